The zero-order chi connectivity index (χ0) is 15.8. The lowest BCUT2D eigenvalue weighted by Crippen LogP contribution is -2.45. The van der Waals surface area contributed by atoms with Gasteiger partial charge in [0.2, 0.25) is 5.91 Å². The fraction of sp³-hybridized carbons (Fsp3) is 0.571. The highest BCUT2D eigenvalue weighted by molar-refractivity contribution is 5.95. The van der Waals surface area contributed by atoms with Gasteiger partial charge in [-0.15, -0.1) is 10.2 Å². The average molecular weight is 293 g/mol. The van der Waals surface area contributed by atoms with Crippen LogP contribution in [0.2, 0.25) is 0 Å². The summed E-state index contributed by atoms with van der Waals surface area (Å²) in [6.45, 7) is 8.90. The topological polar surface area (TPSA) is 96.0 Å². The molecule has 21 heavy (non-hydrogen) atoms. The molecule has 1 rings (SSSR count). The minimum atomic E-state index is -0.619. The SMILES string of the molecule is CCNc1ccc(C(=O)NC(C)C(=O)NCC(C)C)nn1. The summed E-state index contributed by atoms with van der Waals surface area (Å²) in [7, 11) is 0. The van der Waals surface area contributed by atoms with Gasteiger partial charge in [-0.1, -0.05) is 13.8 Å². The first-order valence-corrected chi connectivity index (χ1v) is 7.10. The summed E-state index contributed by atoms with van der Waals surface area (Å²) in [5.74, 6) is 0.338. The highest BCUT2D eigenvalue weighted by Gasteiger charge is 2.17. The van der Waals surface area contributed by atoms with E-state index in [9.17, 15) is 9.59 Å². The molecule has 116 valence electrons. The van der Waals surface area contributed by atoms with Crippen LogP contribution in [0.4, 0.5) is 5.82 Å². The van der Waals surface area contributed by atoms with Gasteiger partial charge in [-0.3, -0.25) is 9.59 Å². The second-order valence-corrected chi connectivity index (χ2v) is 5.17. The first-order chi connectivity index (χ1) is 9.93. The number of amides is 2. The van der Waals surface area contributed by atoms with Gasteiger partial charge in [-0.05, 0) is 31.9 Å². The molecule has 0 saturated carbocycles. The van der Waals surface area contributed by atoms with Gasteiger partial charge in [0.1, 0.15) is 11.9 Å². The molecule has 3 N–H and O–H groups in total. The van der Waals surface area contributed by atoms with E-state index in [1.165, 1.54) is 0 Å². The molecule has 0 aliphatic heterocycles. The van der Waals surface area contributed by atoms with Crippen LogP contribution in [-0.2, 0) is 4.79 Å². The maximum Gasteiger partial charge on any atom is 0.272 e. The van der Waals surface area contributed by atoms with E-state index in [0.717, 1.165) is 6.54 Å². The van der Waals surface area contributed by atoms with Crippen LogP contribution >= 0.6 is 0 Å². The van der Waals surface area contributed by atoms with Crippen molar-refractivity contribution in [1.29, 1.82) is 0 Å². The van der Waals surface area contributed by atoms with Gasteiger partial charge in [0.25, 0.3) is 5.91 Å². The third-order valence-corrected chi connectivity index (χ3v) is 2.68. The molecule has 7 heteroatoms. The molecule has 7 nitrogen and oxygen atoms in total. The van der Waals surface area contributed by atoms with Crippen molar-refractivity contribution in [2.45, 2.75) is 33.7 Å². The molecule has 1 atom stereocenters. The molecular weight excluding hydrogens is 270 g/mol. The molecule has 2 amide bonds. The van der Waals surface area contributed by atoms with E-state index in [0.29, 0.717) is 18.3 Å². The number of aromatic nitrogens is 2. The van der Waals surface area contributed by atoms with Crippen molar-refractivity contribution in [3.05, 3.63) is 17.8 Å². The van der Waals surface area contributed by atoms with Crippen LogP contribution in [0.25, 0.3) is 0 Å². The first-order valence-electron chi connectivity index (χ1n) is 7.10. The summed E-state index contributed by atoms with van der Waals surface area (Å²) in [5, 5.41) is 16.1. The summed E-state index contributed by atoms with van der Waals surface area (Å²) < 4.78 is 0. The van der Waals surface area contributed by atoms with Crippen LogP contribution in [0.3, 0.4) is 0 Å². The van der Waals surface area contributed by atoms with Crippen LogP contribution in [0, 0.1) is 5.92 Å². The van der Waals surface area contributed by atoms with Crippen LogP contribution in [0.1, 0.15) is 38.2 Å². The Morgan fingerprint density at radius 1 is 1.19 bits per heavy atom. The van der Waals surface area contributed by atoms with Gasteiger partial charge in [0.05, 0.1) is 0 Å². The third-order valence-electron chi connectivity index (χ3n) is 2.68. The Bertz CT molecular complexity index is 473. The molecule has 0 aliphatic rings. The van der Waals surface area contributed by atoms with Crippen molar-refractivity contribution in [3.63, 3.8) is 0 Å². The predicted octanol–water partition coefficient (Wildman–Crippen LogP) is 0.799. The van der Waals surface area contributed by atoms with Crippen molar-refractivity contribution in [3.8, 4) is 0 Å². The molecule has 0 aromatic carbocycles. The van der Waals surface area contributed by atoms with Crippen molar-refractivity contribution in [2.75, 3.05) is 18.4 Å². The number of carbonyl (C=O) groups is 2. The largest absolute Gasteiger partial charge is 0.369 e. The lowest BCUT2D eigenvalue weighted by atomic mass is 10.2. The lowest BCUT2D eigenvalue weighted by molar-refractivity contribution is -0.122. The Morgan fingerprint density at radius 3 is 2.43 bits per heavy atom. The van der Waals surface area contributed by atoms with Crippen molar-refractivity contribution in [2.24, 2.45) is 5.92 Å². The van der Waals surface area contributed by atoms with Crippen LogP contribution in [0.15, 0.2) is 12.1 Å². The molecule has 0 spiro atoms. The van der Waals surface area contributed by atoms with Crippen molar-refractivity contribution in [1.82, 2.24) is 20.8 Å². The fourth-order valence-electron chi connectivity index (χ4n) is 1.52. The predicted molar refractivity (Wildman–Crippen MR) is 81.0 cm³/mol. The number of nitrogens with zero attached hydrogens (tertiary/aromatic N) is 2. The summed E-state index contributed by atoms with van der Waals surface area (Å²) in [5.41, 5.74) is 0.181. The molecule has 1 heterocycles. The monoisotopic (exact) mass is 293 g/mol. The first kappa shape index (κ1) is 16.9. The maximum atomic E-state index is 12.0. The van der Waals surface area contributed by atoms with Crippen LogP contribution < -0.4 is 16.0 Å². The number of carbonyl (C=O) groups excluding carboxylic acids is 2. The Morgan fingerprint density at radius 2 is 1.90 bits per heavy atom. The zero-order valence-electron chi connectivity index (χ0n) is 12.9. The van der Waals surface area contributed by atoms with Crippen molar-refractivity contribution < 1.29 is 9.59 Å². The van der Waals surface area contributed by atoms with E-state index in [1.807, 2.05) is 20.8 Å². The Kier molecular flexibility index (Phi) is 6.58. The zero-order valence-corrected chi connectivity index (χ0v) is 12.9. The highest BCUT2D eigenvalue weighted by Crippen LogP contribution is 2.01. The van der Waals surface area contributed by atoms with E-state index in [1.54, 1.807) is 19.1 Å². The van der Waals surface area contributed by atoms with Crippen LogP contribution in [0.5, 0.6) is 0 Å². The minimum Gasteiger partial charge on any atom is -0.369 e. The second-order valence-electron chi connectivity index (χ2n) is 5.17. The molecule has 0 fully saturated rings. The summed E-state index contributed by atoms with van der Waals surface area (Å²) >= 11 is 0. The number of nitrogens with one attached hydrogen (secondary N) is 3. The number of anilines is 1. The van der Waals surface area contributed by atoms with Crippen LogP contribution in [-0.4, -0.2) is 41.1 Å². The van der Waals surface area contributed by atoms with Crippen molar-refractivity contribution >= 4 is 17.6 Å². The smallest absolute Gasteiger partial charge is 0.272 e. The Hall–Kier alpha value is -2.18. The highest BCUT2D eigenvalue weighted by atomic mass is 16.2. The number of hydrogen-bond acceptors (Lipinski definition) is 5. The van der Waals surface area contributed by atoms with Gasteiger partial charge in [-0.2, -0.15) is 0 Å². The van der Waals surface area contributed by atoms with Gasteiger partial charge >= 0.3 is 0 Å². The Balaban J connectivity index is 2.53. The van der Waals surface area contributed by atoms with E-state index in [4.69, 9.17) is 0 Å². The van der Waals surface area contributed by atoms with Gasteiger partial charge in [-0.25, -0.2) is 0 Å². The summed E-state index contributed by atoms with van der Waals surface area (Å²) in [6.07, 6.45) is 0. The normalized spacial score (nSPS) is 11.9. The van der Waals surface area contributed by atoms with Gasteiger partial charge < -0.3 is 16.0 Å². The van der Waals surface area contributed by atoms with E-state index in [-0.39, 0.29) is 11.6 Å². The summed E-state index contributed by atoms with van der Waals surface area (Å²) in [4.78, 5) is 23.7. The molecule has 1 aromatic heterocycles. The fourth-order valence-corrected chi connectivity index (χ4v) is 1.52. The van der Waals surface area contributed by atoms with E-state index >= 15 is 0 Å². The number of rotatable bonds is 7. The maximum absolute atomic E-state index is 12.0. The molecule has 1 aromatic rings. The van der Waals surface area contributed by atoms with E-state index < -0.39 is 11.9 Å². The summed E-state index contributed by atoms with van der Waals surface area (Å²) in [6, 6.07) is 2.63. The standard InChI is InChI=1S/C14H23N5O2/c1-5-15-12-7-6-11(18-19-12)14(21)17-10(4)13(20)16-8-9(2)3/h6-7,9-10H,5,8H2,1-4H3,(H,15,19)(H,16,20)(H,17,21). The lowest BCUT2D eigenvalue weighted by Gasteiger charge is -2.14. The molecule has 1 unspecified atom stereocenters. The molecular formula is C14H23N5O2. The number of hydrogen-bond donors (Lipinski definition) is 3. The molecule has 0 saturated heterocycles. The molecule has 0 bridgehead atoms. The van der Waals surface area contributed by atoms with Gasteiger partial charge in [0, 0.05) is 13.1 Å². The average Bonchev–Trinajstić information content (AvgIpc) is 2.45. The second kappa shape index (κ2) is 8.18. The minimum absolute atomic E-state index is 0.181. The Labute approximate surface area is 124 Å². The molecule has 0 radical (unpaired) electrons. The third kappa shape index (κ3) is 5.76. The van der Waals surface area contributed by atoms with Gasteiger partial charge in [0.15, 0.2) is 5.69 Å². The quantitative estimate of drug-likeness (QED) is 0.691. The molecule has 0 aliphatic carbocycles. The van der Waals surface area contributed by atoms with E-state index in [2.05, 4.69) is 26.1 Å².